The third-order valence-corrected chi connectivity index (χ3v) is 2.88. The third-order valence-electron chi connectivity index (χ3n) is 2.88. The predicted octanol–water partition coefficient (Wildman–Crippen LogP) is 1.95. The van der Waals surface area contributed by atoms with Gasteiger partial charge in [0.2, 0.25) is 5.90 Å². The van der Waals surface area contributed by atoms with Gasteiger partial charge in [-0.2, -0.15) is 0 Å². The molecule has 0 unspecified atom stereocenters. The van der Waals surface area contributed by atoms with E-state index < -0.39 is 17.5 Å². The first-order valence-corrected chi connectivity index (χ1v) is 6.48. The molecule has 1 aliphatic rings. The van der Waals surface area contributed by atoms with Gasteiger partial charge in [-0.25, -0.2) is 14.6 Å². The molecule has 1 aromatic rings. The fourth-order valence-corrected chi connectivity index (χ4v) is 1.67. The Hall–Kier alpha value is -2.17. The van der Waals surface area contributed by atoms with E-state index in [0.717, 1.165) is 0 Å². The molecule has 5 heteroatoms. The molecular formula is C15H17NO4. The minimum atomic E-state index is -1.61. The van der Waals surface area contributed by atoms with E-state index in [1.807, 2.05) is 19.9 Å². The van der Waals surface area contributed by atoms with E-state index in [-0.39, 0.29) is 18.4 Å². The van der Waals surface area contributed by atoms with Gasteiger partial charge in [0, 0.05) is 5.56 Å². The number of rotatable bonds is 4. The smallest absolute Gasteiger partial charge is 0.352 e. The van der Waals surface area contributed by atoms with Crippen molar-refractivity contribution in [1.82, 2.24) is 0 Å². The van der Waals surface area contributed by atoms with Crippen LogP contribution in [-0.2, 0) is 19.1 Å². The molecule has 0 aromatic heterocycles. The molecule has 106 valence electrons. The van der Waals surface area contributed by atoms with Crippen molar-refractivity contribution in [3.63, 3.8) is 0 Å². The molecule has 0 amide bonds. The summed E-state index contributed by atoms with van der Waals surface area (Å²) in [6.45, 7) is 5.49. The van der Waals surface area contributed by atoms with Crippen molar-refractivity contribution in [3.05, 3.63) is 35.9 Å². The van der Waals surface area contributed by atoms with Crippen molar-refractivity contribution in [2.75, 3.05) is 6.61 Å². The Balaban J connectivity index is 2.21. The topological polar surface area (TPSA) is 65.0 Å². The van der Waals surface area contributed by atoms with E-state index in [1.165, 1.54) is 6.92 Å². The average Bonchev–Trinajstić information content (AvgIpc) is 2.74. The summed E-state index contributed by atoms with van der Waals surface area (Å²) in [5, 5.41) is 0. The van der Waals surface area contributed by atoms with Crippen LogP contribution in [-0.4, -0.2) is 30.0 Å². The first-order valence-electron chi connectivity index (χ1n) is 6.48. The van der Waals surface area contributed by atoms with Crippen LogP contribution < -0.4 is 0 Å². The fourth-order valence-electron chi connectivity index (χ4n) is 1.67. The number of hydrogen-bond acceptors (Lipinski definition) is 5. The summed E-state index contributed by atoms with van der Waals surface area (Å²) in [5.74, 6) is -1.04. The highest BCUT2D eigenvalue weighted by atomic mass is 16.6. The summed E-state index contributed by atoms with van der Waals surface area (Å²) in [5.41, 5.74) is -0.957. The van der Waals surface area contributed by atoms with E-state index >= 15 is 0 Å². The second-order valence-electron chi connectivity index (χ2n) is 5.24. The Morgan fingerprint density at radius 3 is 2.60 bits per heavy atom. The highest BCUT2D eigenvalue weighted by molar-refractivity contribution is 6.16. The Labute approximate surface area is 117 Å². The highest BCUT2D eigenvalue weighted by Crippen LogP contribution is 2.24. The highest BCUT2D eigenvalue weighted by Gasteiger charge is 2.50. The van der Waals surface area contributed by atoms with E-state index in [1.54, 1.807) is 24.3 Å². The summed E-state index contributed by atoms with van der Waals surface area (Å²) in [6, 6.07) is 8.97. The van der Waals surface area contributed by atoms with Crippen LogP contribution in [0.1, 0.15) is 26.3 Å². The minimum Gasteiger partial charge on any atom is -0.463 e. The number of cyclic esters (lactones) is 1. The molecule has 20 heavy (non-hydrogen) atoms. The van der Waals surface area contributed by atoms with Crippen LogP contribution in [0.15, 0.2) is 35.3 Å². The molecule has 0 aliphatic carbocycles. The lowest BCUT2D eigenvalue weighted by Crippen LogP contribution is -2.41. The summed E-state index contributed by atoms with van der Waals surface area (Å²) < 4.78 is 10.2. The molecular weight excluding hydrogens is 258 g/mol. The molecule has 2 rings (SSSR count). The summed E-state index contributed by atoms with van der Waals surface area (Å²) in [4.78, 5) is 28.1. The molecule has 0 radical (unpaired) electrons. The maximum absolute atomic E-state index is 12.0. The molecule has 1 aliphatic heterocycles. The molecule has 5 nitrogen and oxygen atoms in total. The molecule has 0 bridgehead atoms. The third kappa shape index (κ3) is 2.71. The standard InChI is InChI=1S/C15H17NO4/c1-10(2)9-19-13(17)15(3)14(18)20-12(16-15)11-7-5-4-6-8-11/h4-8,10H,9H2,1-3H3/t15-/m1/s1. The second kappa shape index (κ2) is 5.45. The van der Waals surface area contributed by atoms with E-state index in [9.17, 15) is 9.59 Å². The lowest BCUT2D eigenvalue weighted by Gasteiger charge is -2.15. The zero-order valence-electron chi connectivity index (χ0n) is 11.8. The van der Waals surface area contributed by atoms with E-state index in [0.29, 0.717) is 5.56 Å². The van der Waals surface area contributed by atoms with Gasteiger partial charge < -0.3 is 9.47 Å². The molecule has 0 spiro atoms. The number of nitrogens with zero attached hydrogens (tertiary/aromatic N) is 1. The van der Waals surface area contributed by atoms with E-state index in [2.05, 4.69) is 4.99 Å². The second-order valence-corrected chi connectivity index (χ2v) is 5.24. The van der Waals surface area contributed by atoms with Gasteiger partial charge in [-0.05, 0) is 25.0 Å². The zero-order valence-corrected chi connectivity index (χ0v) is 11.8. The first-order chi connectivity index (χ1) is 9.43. The summed E-state index contributed by atoms with van der Waals surface area (Å²) in [7, 11) is 0. The maximum atomic E-state index is 12.0. The number of hydrogen-bond donors (Lipinski definition) is 0. The number of aliphatic imine (C=N–C) groups is 1. The lowest BCUT2D eigenvalue weighted by molar-refractivity contribution is -0.157. The summed E-state index contributed by atoms with van der Waals surface area (Å²) >= 11 is 0. The van der Waals surface area contributed by atoms with Crippen molar-refractivity contribution in [2.24, 2.45) is 10.9 Å². The number of ether oxygens (including phenoxy) is 2. The number of carbonyl (C=O) groups is 2. The van der Waals surface area contributed by atoms with Crippen molar-refractivity contribution in [3.8, 4) is 0 Å². The van der Waals surface area contributed by atoms with Crippen molar-refractivity contribution >= 4 is 17.8 Å². The normalized spacial score (nSPS) is 21.6. The maximum Gasteiger partial charge on any atom is 0.352 e. The van der Waals surface area contributed by atoms with Crippen molar-refractivity contribution in [1.29, 1.82) is 0 Å². The van der Waals surface area contributed by atoms with Gasteiger partial charge in [-0.1, -0.05) is 32.0 Å². The Kier molecular flexibility index (Phi) is 3.88. The number of carbonyl (C=O) groups excluding carboxylic acids is 2. The monoisotopic (exact) mass is 275 g/mol. The van der Waals surface area contributed by atoms with Gasteiger partial charge >= 0.3 is 11.9 Å². The van der Waals surface area contributed by atoms with Gasteiger partial charge in [0.1, 0.15) is 0 Å². The van der Waals surface area contributed by atoms with Crippen LogP contribution in [0.5, 0.6) is 0 Å². The largest absolute Gasteiger partial charge is 0.463 e. The SMILES string of the molecule is CC(C)COC(=O)[C@@]1(C)N=C(c2ccccc2)OC1=O. The van der Waals surface area contributed by atoms with Gasteiger partial charge in [-0.3, -0.25) is 0 Å². The van der Waals surface area contributed by atoms with Crippen LogP contribution in [0.25, 0.3) is 0 Å². The van der Waals surface area contributed by atoms with Crippen LogP contribution in [0, 0.1) is 5.92 Å². The Morgan fingerprint density at radius 2 is 2.00 bits per heavy atom. The van der Waals surface area contributed by atoms with E-state index in [4.69, 9.17) is 9.47 Å². The summed E-state index contributed by atoms with van der Waals surface area (Å²) in [6.07, 6.45) is 0. The minimum absolute atomic E-state index is 0.152. The van der Waals surface area contributed by atoms with Crippen LogP contribution >= 0.6 is 0 Å². The van der Waals surface area contributed by atoms with Crippen molar-refractivity contribution < 1.29 is 19.1 Å². The quantitative estimate of drug-likeness (QED) is 0.622. The molecule has 0 fully saturated rings. The molecule has 1 atom stereocenters. The Bertz CT molecular complexity index is 550. The van der Waals surface area contributed by atoms with Crippen molar-refractivity contribution in [2.45, 2.75) is 26.3 Å². The fraction of sp³-hybridized carbons (Fsp3) is 0.400. The van der Waals surface area contributed by atoms with Crippen LogP contribution in [0.2, 0.25) is 0 Å². The van der Waals surface area contributed by atoms with Gasteiger partial charge in [0.25, 0.3) is 5.54 Å². The van der Waals surface area contributed by atoms with Crippen LogP contribution in [0.3, 0.4) is 0 Å². The Morgan fingerprint density at radius 1 is 1.35 bits per heavy atom. The molecule has 0 saturated carbocycles. The predicted molar refractivity (Wildman–Crippen MR) is 73.3 cm³/mol. The molecule has 1 aromatic carbocycles. The van der Waals surface area contributed by atoms with Crippen LogP contribution in [0.4, 0.5) is 0 Å². The molecule has 0 N–H and O–H groups in total. The number of benzene rings is 1. The average molecular weight is 275 g/mol. The van der Waals surface area contributed by atoms with Gasteiger partial charge in [0.05, 0.1) is 6.61 Å². The first kappa shape index (κ1) is 14.2. The number of esters is 2. The molecule has 1 heterocycles. The zero-order chi connectivity index (χ0) is 14.8. The van der Waals surface area contributed by atoms with Gasteiger partial charge in [-0.15, -0.1) is 0 Å². The van der Waals surface area contributed by atoms with Gasteiger partial charge in [0.15, 0.2) is 0 Å². The lowest BCUT2D eigenvalue weighted by atomic mass is 10.1. The molecule has 0 saturated heterocycles.